The fourth-order valence-electron chi connectivity index (χ4n) is 4.11. The summed E-state index contributed by atoms with van der Waals surface area (Å²) in [7, 11) is 2.06. The summed E-state index contributed by atoms with van der Waals surface area (Å²) in [5, 5.41) is 1.12. The van der Waals surface area contributed by atoms with Crippen LogP contribution < -0.4 is 4.57 Å². The summed E-state index contributed by atoms with van der Waals surface area (Å²) in [4.78, 5) is 14.1. The molecule has 0 saturated carbocycles. The molecule has 0 radical (unpaired) electrons. The molecule has 30 heavy (non-hydrogen) atoms. The predicted molar refractivity (Wildman–Crippen MR) is 122 cm³/mol. The first-order valence-corrected chi connectivity index (χ1v) is 10.5. The van der Waals surface area contributed by atoms with Crippen molar-refractivity contribution in [1.82, 2.24) is 15.0 Å². The van der Waals surface area contributed by atoms with Crippen LogP contribution in [0.25, 0.3) is 33.4 Å². The molecule has 0 N–H and O–H groups in total. The fourth-order valence-corrected chi connectivity index (χ4v) is 4.11. The van der Waals surface area contributed by atoms with E-state index in [0.717, 1.165) is 34.3 Å². The largest absolute Gasteiger partial charge is 0.287 e. The lowest BCUT2D eigenvalue weighted by Gasteiger charge is -2.13. The van der Waals surface area contributed by atoms with Gasteiger partial charge in [0.1, 0.15) is 5.69 Å². The van der Waals surface area contributed by atoms with Crippen molar-refractivity contribution in [1.29, 1.82) is 0 Å². The van der Waals surface area contributed by atoms with Crippen molar-refractivity contribution in [3.05, 3.63) is 71.4 Å². The first-order valence-electron chi connectivity index (χ1n) is 10.5. The number of fused-ring (bicyclic) bond motifs is 1. The van der Waals surface area contributed by atoms with Crippen LogP contribution in [-0.4, -0.2) is 15.0 Å². The molecule has 0 aliphatic rings. The van der Waals surface area contributed by atoms with Gasteiger partial charge in [-0.05, 0) is 67.4 Å². The number of aryl methyl sites for hydroxylation is 3. The van der Waals surface area contributed by atoms with Crippen LogP contribution in [0.3, 0.4) is 0 Å². The molecule has 4 heteroatoms. The number of benzene rings is 2. The summed E-state index contributed by atoms with van der Waals surface area (Å²) >= 11 is 0. The highest BCUT2D eigenvalue weighted by Crippen LogP contribution is 2.33. The van der Waals surface area contributed by atoms with Crippen LogP contribution in [0.4, 0.5) is 0 Å². The Labute approximate surface area is 178 Å². The van der Waals surface area contributed by atoms with Gasteiger partial charge in [0.05, 0.1) is 35.6 Å². The summed E-state index contributed by atoms with van der Waals surface area (Å²) in [6.07, 6.45) is 6.61. The van der Waals surface area contributed by atoms with Gasteiger partial charge in [0, 0.05) is 11.8 Å². The fraction of sp³-hybridized carbons (Fsp3) is 0.308. The average Bonchev–Trinajstić information content (AvgIpc) is 2.70. The molecular weight excluding hydrogens is 368 g/mol. The average molecular weight is 398 g/mol. The maximum Gasteiger partial charge on any atom is 0.287 e. The number of para-hydroxylation sites is 1. The van der Waals surface area contributed by atoms with Gasteiger partial charge in [-0.25, -0.2) is 4.57 Å². The van der Waals surface area contributed by atoms with E-state index in [1.165, 1.54) is 27.9 Å². The summed E-state index contributed by atoms with van der Waals surface area (Å²) < 4.78 is 2.12. The van der Waals surface area contributed by atoms with Crippen molar-refractivity contribution in [2.75, 3.05) is 0 Å². The van der Waals surface area contributed by atoms with Gasteiger partial charge in [-0.3, -0.25) is 9.97 Å². The number of nitrogens with zero attached hydrogens (tertiary/aromatic N) is 4. The molecule has 4 aromatic rings. The number of hydrogen-bond donors (Lipinski definition) is 0. The standard InChI is InChI=1S/C26H29N4/c1-16(2)10-20-13-28-24(14-27-20)21-8-7-9-22-25(21)29-15-30(6)26(22)23-12-17(3)11-18(4)19(23)5/h7-9,11-16H,10H2,1-6H3/q+1. The van der Waals surface area contributed by atoms with Crippen LogP contribution in [0.2, 0.25) is 0 Å². The van der Waals surface area contributed by atoms with Gasteiger partial charge < -0.3 is 0 Å². The van der Waals surface area contributed by atoms with Gasteiger partial charge in [-0.15, -0.1) is 0 Å². The maximum atomic E-state index is 4.78. The van der Waals surface area contributed by atoms with Crippen molar-refractivity contribution in [3.63, 3.8) is 0 Å². The third-order valence-electron chi connectivity index (χ3n) is 5.67. The lowest BCUT2D eigenvalue weighted by Crippen LogP contribution is -2.32. The summed E-state index contributed by atoms with van der Waals surface area (Å²) in [5.41, 5.74) is 10.1. The van der Waals surface area contributed by atoms with Crippen LogP contribution in [-0.2, 0) is 13.5 Å². The predicted octanol–water partition coefficient (Wildman–Crippen LogP) is 5.31. The third kappa shape index (κ3) is 3.70. The molecule has 0 fully saturated rings. The van der Waals surface area contributed by atoms with E-state index < -0.39 is 0 Å². The van der Waals surface area contributed by atoms with Crippen LogP contribution in [0.15, 0.2) is 49.1 Å². The van der Waals surface area contributed by atoms with Crippen molar-refractivity contribution >= 4 is 10.9 Å². The van der Waals surface area contributed by atoms with Gasteiger partial charge in [0.15, 0.2) is 5.52 Å². The van der Waals surface area contributed by atoms with E-state index in [2.05, 4.69) is 81.5 Å². The Morgan fingerprint density at radius 3 is 2.43 bits per heavy atom. The lowest BCUT2D eigenvalue weighted by atomic mass is 9.94. The van der Waals surface area contributed by atoms with E-state index in [1.807, 2.05) is 18.7 Å². The molecule has 2 aromatic heterocycles. The van der Waals surface area contributed by atoms with Gasteiger partial charge in [-0.2, -0.15) is 0 Å². The van der Waals surface area contributed by atoms with Gasteiger partial charge >= 0.3 is 0 Å². The molecule has 4 rings (SSSR count). The van der Waals surface area contributed by atoms with Crippen molar-refractivity contribution < 1.29 is 4.57 Å². The first-order chi connectivity index (χ1) is 14.3. The van der Waals surface area contributed by atoms with E-state index in [-0.39, 0.29) is 0 Å². The van der Waals surface area contributed by atoms with Crippen LogP contribution in [0.5, 0.6) is 0 Å². The molecule has 0 saturated heterocycles. The van der Waals surface area contributed by atoms with Crippen molar-refractivity contribution in [2.24, 2.45) is 13.0 Å². The zero-order chi connectivity index (χ0) is 21.4. The van der Waals surface area contributed by atoms with Crippen LogP contribution >= 0.6 is 0 Å². The van der Waals surface area contributed by atoms with E-state index >= 15 is 0 Å². The Balaban J connectivity index is 1.91. The third-order valence-corrected chi connectivity index (χ3v) is 5.67. The van der Waals surface area contributed by atoms with E-state index in [9.17, 15) is 0 Å². The topological polar surface area (TPSA) is 42.6 Å². The molecule has 0 bridgehead atoms. The summed E-state index contributed by atoms with van der Waals surface area (Å²) in [5.74, 6) is 0.563. The first kappa shape index (κ1) is 20.1. The zero-order valence-electron chi connectivity index (χ0n) is 18.7. The number of rotatable bonds is 4. The summed E-state index contributed by atoms with van der Waals surface area (Å²) in [6.45, 7) is 10.9. The Morgan fingerprint density at radius 1 is 0.933 bits per heavy atom. The molecule has 0 aliphatic heterocycles. The minimum atomic E-state index is 0.563. The van der Waals surface area contributed by atoms with Crippen LogP contribution in [0.1, 0.15) is 36.2 Å². The smallest absolute Gasteiger partial charge is 0.257 e. The SMILES string of the molecule is Cc1cc(C)c(C)c(-c2c3cccc(-c4cnc(CC(C)C)cn4)c3nc[n+]2C)c1. The molecule has 2 aromatic carbocycles. The highest BCUT2D eigenvalue weighted by molar-refractivity contribution is 5.99. The zero-order valence-corrected chi connectivity index (χ0v) is 18.7. The molecule has 2 heterocycles. The number of hydrogen-bond acceptors (Lipinski definition) is 3. The van der Waals surface area contributed by atoms with Gasteiger partial charge in [0.25, 0.3) is 6.33 Å². The Hall–Kier alpha value is -3.14. The molecule has 152 valence electrons. The minimum Gasteiger partial charge on any atom is -0.257 e. The molecule has 0 unspecified atom stereocenters. The van der Waals surface area contributed by atoms with E-state index in [0.29, 0.717) is 5.92 Å². The summed E-state index contributed by atoms with van der Waals surface area (Å²) in [6, 6.07) is 10.8. The Bertz CT molecular complexity index is 1220. The van der Waals surface area contributed by atoms with Crippen molar-refractivity contribution in [3.8, 4) is 22.5 Å². The molecule has 4 nitrogen and oxygen atoms in total. The van der Waals surface area contributed by atoms with E-state index in [4.69, 9.17) is 9.97 Å². The van der Waals surface area contributed by atoms with Crippen molar-refractivity contribution in [2.45, 2.75) is 41.0 Å². The molecule has 0 spiro atoms. The normalized spacial score (nSPS) is 11.4. The quantitative estimate of drug-likeness (QED) is 0.439. The van der Waals surface area contributed by atoms with Crippen LogP contribution in [0, 0.1) is 26.7 Å². The molecule has 0 atom stereocenters. The Kier molecular flexibility index (Phi) is 5.33. The minimum absolute atomic E-state index is 0.563. The monoisotopic (exact) mass is 397 g/mol. The van der Waals surface area contributed by atoms with E-state index in [1.54, 1.807) is 0 Å². The Morgan fingerprint density at radius 2 is 1.73 bits per heavy atom. The van der Waals surface area contributed by atoms with Gasteiger partial charge in [0.2, 0.25) is 0 Å². The second-order valence-corrected chi connectivity index (χ2v) is 8.65. The maximum absolute atomic E-state index is 4.78. The number of aromatic nitrogens is 4. The highest BCUT2D eigenvalue weighted by atomic mass is 15.0. The molecule has 0 aliphatic carbocycles. The highest BCUT2D eigenvalue weighted by Gasteiger charge is 2.21. The molecule has 0 amide bonds. The molecular formula is C26H29N4+. The second-order valence-electron chi connectivity index (χ2n) is 8.65. The lowest BCUT2D eigenvalue weighted by molar-refractivity contribution is -0.662. The van der Waals surface area contributed by atoms with Gasteiger partial charge in [-0.1, -0.05) is 31.5 Å². The second kappa shape index (κ2) is 7.94.